The smallest absolute Gasteiger partial charge is 0.433 e. The van der Waals surface area contributed by atoms with Crippen LogP contribution in [0.3, 0.4) is 0 Å². The number of hydrogen-bond donors (Lipinski definition) is 4. The van der Waals surface area contributed by atoms with Gasteiger partial charge >= 0.3 is 48.1 Å². The van der Waals surface area contributed by atoms with Crippen molar-refractivity contribution in [1.82, 2.24) is 40.8 Å². The topological polar surface area (TPSA) is 300 Å². The van der Waals surface area contributed by atoms with Gasteiger partial charge in [-0.2, -0.15) is 19.6 Å². The van der Waals surface area contributed by atoms with Gasteiger partial charge in [-0.25, -0.2) is 19.2 Å². The van der Waals surface area contributed by atoms with Crippen LogP contribution in [-0.4, -0.2) is 132 Å². The summed E-state index contributed by atoms with van der Waals surface area (Å²) in [5.41, 5.74) is 3.59. The summed E-state index contributed by atoms with van der Waals surface area (Å²) in [7, 11) is 0. The molecule has 2 unspecified atom stereocenters. The van der Waals surface area contributed by atoms with E-state index in [1.165, 1.54) is 9.36 Å². The minimum absolute atomic E-state index is 0.105. The van der Waals surface area contributed by atoms with E-state index in [-0.39, 0.29) is 100 Å². The van der Waals surface area contributed by atoms with Crippen molar-refractivity contribution in [1.29, 1.82) is 0 Å². The highest BCUT2D eigenvalue weighted by atomic mass is 16.7. The Morgan fingerprint density at radius 1 is 0.526 bits per heavy atom. The van der Waals surface area contributed by atoms with Crippen molar-refractivity contribution in [3.63, 3.8) is 0 Å². The monoisotopic (exact) mass is 1080 g/mol. The van der Waals surface area contributed by atoms with E-state index in [1.807, 2.05) is 116 Å². The summed E-state index contributed by atoms with van der Waals surface area (Å²) in [6, 6.07) is 3.01. The van der Waals surface area contributed by atoms with Gasteiger partial charge in [0.15, 0.2) is 0 Å². The third-order valence-electron chi connectivity index (χ3n) is 11.4. The molecule has 2 aromatic heterocycles. The highest BCUT2D eigenvalue weighted by Crippen LogP contribution is 2.22. The van der Waals surface area contributed by atoms with E-state index in [0.29, 0.717) is 12.8 Å². The van der Waals surface area contributed by atoms with Crippen molar-refractivity contribution in [2.45, 2.75) is 163 Å². The first-order valence-corrected chi connectivity index (χ1v) is 25.8. The molecule has 0 aliphatic rings. The van der Waals surface area contributed by atoms with Gasteiger partial charge in [0.05, 0.1) is 71.7 Å². The molecule has 2 heterocycles. The lowest BCUT2D eigenvalue weighted by atomic mass is 9.91. The summed E-state index contributed by atoms with van der Waals surface area (Å²) in [6.45, 7) is 34.8. The molecule has 0 fully saturated rings. The van der Waals surface area contributed by atoms with E-state index < -0.39 is 23.0 Å². The lowest BCUT2D eigenvalue weighted by molar-refractivity contribution is -0.154. The SMILES string of the molecule is CC/C(C)=N\OC(=O)NCCOC(=O)C(C)(C)CC.CC/C(C)=N\OC(=O)NCCOC(=O)C(C)CC.CCC(C)(C)C(=O)OCCNC(=O)n1nc(C)cc1C.CCC(C)C(=O)OCCNC(=O)n1nc(C)cc1C. The van der Waals surface area contributed by atoms with E-state index in [1.54, 1.807) is 20.8 Å². The van der Waals surface area contributed by atoms with Gasteiger partial charge in [-0.1, -0.05) is 65.7 Å². The first-order valence-electron chi connectivity index (χ1n) is 25.8. The summed E-state index contributed by atoms with van der Waals surface area (Å²) in [5, 5.41) is 25.5. The minimum atomic E-state index is -0.654. The van der Waals surface area contributed by atoms with E-state index in [0.717, 1.165) is 59.9 Å². The van der Waals surface area contributed by atoms with Gasteiger partial charge in [-0.05, 0) is 120 Å². The van der Waals surface area contributed by atoms with Gasteiger partial charge in [0.1, 0.15) is 26.4 Å². The van der Waals surface area contributed by atoms with Crippen LogP contribution in [0.4, 0.5) is 19.2 Å². The van der Waals surface area contributed by atoms with Gasteiger partial charge in [-0.15, -0.1) is 0 Å². The fraction of sp³-hybridized carbons (Fsp3) is 0.692. The number of oxime groups is 2. The van der Waals surface area contributed by atoms with Crippen LogP contribution in [0.25, 0.3) is 0 Å². The van der Waals surface area contributed by atoms with Crippen molar-refractivity contribution >= 4 is 59.5 Å². The number of aromatic nitrogens is 4. The number of ether oxygens (including phenoxy) is 4. The second kappa shape index (κ2) is 38.6. The van der Waals surface area contributed by atoms with Gasteiger partial charge in [0.2, 0.25) is 0 Å². The molecule has 0 aliphatic heterocycles. The number of aryl methyl sites for hydroxylation is 4. The normalized spacial score (nSPS) is 12.0. The maximum Gasteiger partial charge on any atom is 0.433 e. The molecule has 0 aliphatic carbocycles. The number of rotatable bonds is 24. The van der Waals surface area contributed by atoms with E-state index in [4.69, 9.17) is 18.9 Å². The molecule has 0 bridgehead atoms. The van der Waals surface area contributed by atoms with Crippen molar-refractivity contribution < 1.29 is 67.0 Å². The van der Waals surface area contributed by atoms with Crippen LogP contribution in [0, 0.1) is 50.4 Å². The molecule has 4 amide bonds. The lowest BCUT2D eigenvalue weighted by Gasteiger charge is -2.20. The fourth-order valence-corrected chi connectivity index (χ4v) is 4.76. The highest BCUT2D eigenvalue weighted by molar-refractivity contribution is 5.82. The lowest BCUT2D eigenvalue weighted by Crippen LogP contribution is -2.34. The Hall–Kier alpha value is -6.88. The second-order valence-electron chi connectivity index (χ2n) is 18.8. The Bertz CT molecular complexity index is 2180. The molecule has 0 aromatic carbocycles. The van der Waals surface area contributed by atoms with Crippen LogP contribution in [0.5, 0.6) is 0 Å². The molecule has 4 N–H and O–H groups in total. The van der Waals surface area contributed by atoms with Crippen LogP contribution in [-0.2, 0) is 47.8 Å². The Labute approximate surface area is 449 Å². The van der Waals surface area contributed by atoms with Gasteiger partial charge in [0, 0.05) is 11.4 Å². The molecular formula is C52H90N10O14. The number of esters is 4. The van der Waals surface area contributed by atoms with Crippen molar-refractivity contribution in [2.24, 2.45) is 33.0 Å². The second-order valence-corrected chi connectivity index (χ2v) is 18.8. The third-order valence-corrected chi connectivity index (χ3v) is 11.4. The molecular weight excluding hydrogens is 989 g/mol. The van der Waals surface area contributed by atoms with Crippen LogP contribution >= 0.6 is 0 Å². The van der Waals surface area contributed by atoms with Crippen LogP contribution in [0.15, 0.2) is 22.4 Å². The zero-order chi connectivity index (χ0) is 58.6. The molecule has 0 saturated heterocycles. The summed E-state index contributed by atoms with van der Waals surface area (Å²) < 4.78 is 22.8. The molecule has 24 nitrogen and oxygen atoms in total. The zero-order valence-corrected chi connectivity index (χ0v) is 48.6. The summed E-state index contributed by atoms with van der Waals surface area (Å²) in [4.78, 5) is 101. The Morgan fingerprint density at radius 2 is 0.829 bits per heavy atom. The van der Waals surface area contributed by atoms with Crippen LogP contribution < -0.4 is 21.3 Å². The van der Waals surface area contributed by atoms with Crippen LogP contribution in [0.1, 0.15) is 158 Å². The van der Waals surface area contributed by atoms with Crippen molar-refractivity contribution in [3.05, 3.63) is 34.9 Å². The molecule has 432 valence electrons. The molecule has 0 radical (unpaired) electrons. The molecule has 2 aromatic rings. The quantitative estimate of drug-likeness (QED) is 0.0192. The van der Waals surface area contributed by atoms with E-state index in [9.17, 15) is 38.4 Å². The molecule has 24 heteroatoms. The molecule has 2 rings (SSSR count). The Balaban J connectivity index is 0. The maximum atomic E-state index is 11.8. The minimum Gasteiger partial charge on any atom is -0.464 e. The van der Waals surface area contributed by atoms with Gasteiger partial charge in [-0.3, -0.25) is 28.9 Å². The number of nitrogens with one attached hydrogen (secondary N) is 4. The molecule has 0 spiro atoms. The van der Waals surface area contributed by atoms with Crippen LogP contribution in [0.2, 0.25) is 0 Å². The first kappa shape index (κ1) is 71.2. The average Bonchev–Trinajstić information content (AvgIpc) is 3.93. The maximum absolute atomic E-state index is 11.8. The number of carbonyl (C=O) groups is 8. The molecule has 2 atom stereocenters. The highest BCUT2D eigenvalue weighted by Gasteiger charge is 2.28. The van der Waals surface area contributed by atoms with E-state index in [2.05, 4.69) is 51.5 Å². The fourth-order valence-electron chi connectivity index (χ4n) is 4.76. The first-order chi connectivity index (χ1) is 35.6. The van der Waals surface area contributed by atoms with Gasteiger partial charge < -0.3 is 40.2 Å². The standard InChI is InChI=1S/C14H23N3O3.C13H21N3O3.C13H24N2O4.C12H22N2O4/c1-6-14(4,5)12(18)20-8-7-15-13(19)17-11(3)9-10(2)16-17;1-5-9(2)12(17)19-7-6-14-13(18)16-11(4)8-10(3)15-16;1-6-10(3)15-19-12(17)14-8-9-18-11(16)13(4,5)7-2;1-5-9(3)11(15)17-8-7-13-12(16)18-14-10(4)6-2/h9H,6-8H2,1-5H3,(H,15,19);8-9H,5-7H2,1-4H3,(H,14,18);6-9H2,1-5H3,(H,14,17);9H,5-8H2,1-4H3,(H,13,16)/b;;15-10-;14-10-. The molecule has 0 saturated carbocycles. The summed E-state index contributed by atoms with van der Waals surface area (Å²) in [6.07, 6.45) is 3.03. The summed E-state index contributed by atoms with van der Waals surface area (Å²) in [5.74, 6) is -1.23. The Kier molecular flexibility index (Phi) is 36.2. The molecule has 76 heavy (non-hydrogen) atoms. The van der Waals surface area contributed by atoms with Crippen molar-refractivity contribution in [2.75, 3.05) is 52.6 Å². The predicted octanol–water partition coefficient (Wildman–Crippen LogP) is 8.25. The number of carbonyl (C=O) groups excluding carboxylic acids is 8. The average molecular weight is 1080 g/mol. The zero-order valence-electron chi connectivity index (χ0n) is 48.6. The number of hydrogen-bond acceptors (Lipinski definition) is 18. The number of amides is 4. The van der Waals surface area contributed by atoms with Crippen molar-refractivity contribution in [3.8, 4) is 0 Å². The van der Waals surface area contributed by atoms with E-state index >= 15 is 0 Å². The third kappa shape index (κ3) is 31.1. The number of nitrogens with zero attached hydrogens (tertiary/aromatic N) is 6. The predicted molar refractivity (Wildman–Crippen MR) is 288 cm³/mol. The largest absolute Gasteiger partial charge is 0.464 e. The Morgan fingerprint density at radius 3 is 1.09 bits per heavy atom. The summed E-state index contributed by atoms with van der Waals surface area (Å²) >= 11 is 0. The van der Waals surface area contributed by atoms with Gasteiger partial charge in [0.25, 0.3) is 0 Å².